The molecule has 0 fully saturated rings. The first kappa shape index (κ1) is 13.8. The number of anilines is 1. The molecule has 0 unspecified atom stereocenters. The first-order chi connectivity index (χ1) is 9.69. The first-order valence-corrected chi connectivity index (χ1v) is 6.11. The molecule has 20 heavy (non-hydrogen) atoms. The van der Waals surface area contributed by atoms with Gasteiger partial charge in [0.25, 0.3) is 0 Å². The maximum Gasteiger partial charge on any atom is 0.246 e. The molecule has 3 N–H and O–H groups in total. The molecule has 1 aromatic heterocycles. The number of aryl methyl sites for hydroxylation is 1. The third-order valence-corrected chi connectivity index (χ3v) is 2.61. The molecule has 0 saturated heterocycles. The van der Waals surface area contributed by atoms with Crippen LogP contribution in [0.5, 0.6) is 0 Å². The van der Waals surface area contributed by atoms with Crippen molar-refractivity contribution >= 4 is 11.6 Å². The quantitative estimate of drug-likeness (QED) is 0.796. The van der Waals surface area contributed by atoms with Gasteiger partial charge in [0.05, 0.1) is 6.54 Å². The zero-order chi connectivity index (χ0) is 14.4. The Balaban J connectivity index is 2.04. The zero-order valence-electron chi connectivity index (χ0n) is 11.1. The van der Waals surface area contributed by atoms with Crippen molar-refractivity contribution in [3.63, 3.8) is 0 Å². The number of nitrogens with zero attached hydrogens (tertiary/aromatic N) is 3. The molecule has 1 heterocycles. The second-order valence-electron chi connectivity index (χ2n) is 4.18. The van der Waals surface area contributed by atoms with Gasteiger partial charge in [0, 0.05) is 11.3 Å². The molecule has 0 aliphatic heterocycles. The van der Waals surface area contributed by atoms with Gasteiger partial charge in [-0.15, -0.1) is 0 Å². The van der Waals surface area contributed by atoms with Crippen LogP contribution in [0.15, 0.2) is 30.9 Å². The van der Waals surface area contributed by atoms with Gasteiger partial charge in [0.15, 0.2) is 0 Å². The Hall–Kier alpha value is -2.65. The highest BCUT2D eigenvalue weighted by Gasteiger charge is 2.06. The average Bonchev–Trinajstić information content (AvgIpc) is 2.92. The van der Waals surface area contributed by atoms with Crippen molar-refractivity contribution in [3.8, 4) is 11.8 Å². The van der Waals surface area contributed by atoms with E-state index in [0.29, 0.717) is 6.54 Å². The topological polar surface area (TPSA) is 85.8 Å². The van der Waals surface area contributed by atoms with E-state index in [1.807, 2.05) is 25.1 Å². The summed E-state index contributed by atoms with van der Waals surface area (Å²) in [7, 11) is 0. The Bertz CT molecular complexity index is 652. The minimum atomic E-state index is -0.153. The van der Waals surface area contributed by atoms with Crippen LogP contribution in [-0.2, 0) is 11.3 Å². The van der Waals surface area contributed by atoms with Crippen molar-refractivity contribution in [2.75, 3.05) is 11.9 Å². The van der Waals surface area contributed by atoms with Crippen LogP contribution in [0.1, 0.15) is 11.1 Å². The number of aromatic nitrogens is 3. The van der Waals surface area contributed by atoms with Gasteiger partial charge in [-0.2, -0.15) is 5.10 Å². The summed E-state index contributed by atoms with van der Waals surface area (Å²) in [6.45, 7) is 2.38. The Kier molecular flexibility index (Phi) is 4.47. The summed E-state index contributed by atoms with van der Waals surface area (Å²) in [5.41, 5.74) is 7.91. The molecular formula is C14H15N5O. The number of nitrogens with one attached hydrogen (secondary N) is 1. The summed E-state index contributed by atoms with van der Waals surface area (Å²) in [6, 6.07) is 5.59. The second-order valence-corrected chi connectivity index (χ2v) is 4.18. The van der Waals surface area contributed by atoms with E-state index >= 15 is 0 Å². The molecule has 6 heteroatoms. The van der Waals surface area contributed by atoms with Crippen molar-refractivity contribution in [3.05, 3.63) is 42.0 Å². The number of amides is 1. The van der Waals surface area contributed by atoms with E-state index in [2.05, 4.69) is 27.2 Å². The molecule has 6 nitrogen and oxygen atoms in total. The van der Waals surface area contributed by atoms with Crippen molar-refractivity contribution in [1.82, 2.24) is 14.8 Å². The van der Waals surface area contributed by atoms with Gasteiger partial charge >= 0.3 is 0 Å². The van der Waals surface area contributed by atoms with E-state index in [-0.39, 0.29) is 12.5 Å². The monoisotopic (exact) mass is 269 g/mol. The maximum atomic E-state index is 11.8. The molecule has 2 rings (SSSR count). The van der Waals surface area contributed by atoms with Crippen LogP contribution in [0.2, 0.25) is 0 Å². The molecule has 0 saturated carbocycles. The molecule has 0 aliphatic carbocycles. The highest BCUT2D eigenvalue weighted by atomic mass is 16.2. The predicted molar refractivity (Wildman–Crippen MR) is 75.8 cm³/mol. The Morgan fingerprint density at radius 3 is 3.00 bits per heavy atom. The lowest BCUT2D eigenvalue weighted by atomic mass is 10.1. The van der Waals surface area contributed by atoms with E-state index in [1.165, 1.54) is 17.3 Å². The van der Waals surface area contributed by atoms with Crippen LogP contribution >= 0.6 is 0 Å². The van der Waals surface area contributed by atoms with E-state index in [4.69, 9.17) is 5.73 Å². The van der Waals surface area contributed by atoms with Crippen molar-refractivity contribution in [1.29, 1.82) is 0 Å². The van der Waals surface area contributed by atoms with Crippen LogP contribution < -0.4 is 11.1 Å². The molecule has 0 atom stereocenters. The number of carbonyl (C=O) groups is 1. The molecule has 1 amide bonds. The van der Waals surface area contributed by atoms with Gasteiger partial charge < -0.3 is 11.1 Å². The Morgan fingerprint density at radius 1 is 1.50 bits per heavy atom. The third-order valence-electron chi connectivity index (χ3n) is 2.61. The molecule has 1 aromatic carbocycles. The molecule has 0 aliphatic rings. The van der Waals surface area contributed by atoms with Crippen LogP contribution in [0.25, 0.3) is 0 Å². The fraction of sp³-hybridized carbons (Fsp3) is 0.214. The fourth-order valence-corrected chi connectivity index (χ4v) is 1.69. The zero-order valence-corrected chi connectivity index (χ0v) is 11.1. The number of hydrogen-bond donors (Lipinski definition) is 2. The molecule has 102 valence electrons. The summed E-state index contributed by atoms with van der Waals surface area (Å²) in [5, 5.41) is 6.71. The molecule has 2 aromatic rings. The predicted octanol–water partition coefficient (Wildman–Crippen LogP) is 0.535. The van der Waals surface area contributed by atoms with Crippen LogP contribution in [0.4, 0.5) is 5.69 Å². The summed E-state index contributed by atoms with van der Waals surface area (Å²) in [5.74, 6) is 5.59. The third kappa shape index (κ3) is 3.67. The smallest absolute Gasteiger partial charge is 0.246 e. The van der Waals surface area contributed by atoms with E-state index < -0.39 is 0 Å². The number of carbonyl (C=O) groups excluding carboxylic acids is 1. The van der Waals surface area contributed by atoms with E-state index in [0.717, 1.165) is 16.8 Å². The molecule has 0 bridgehead atoms. The van der Waals surface area contributed by atoms with Crippen molar-refractivity contribution < 1.29 is 4.79 Å². The largest absolute Gasteiger partial charge is 0.324 e. The second kappa shape index (κ2) is 6.50. The lowest BCUT2D eigenvalue weighted by Crippen LogP contribution is -2.19. The summed E-state index contributed by atoms with van der Waals surface area (Å²) in [6.07, 6.45) is 2.89. The first-order valence-electron chi connectivity index (χ1n) is 6.11. The van der Waals surface area contributed by atoms with Gasteiger partial charge in [-0.05, 0) is 30.7 Å². The summed E-state index contributed by atoms with van der Waals surface area (Å²) >= 11 is 0. The van der Waals surface area contributed by atoms with Gasteiger partial charge in [0.2, 0.25) is 5.91 Å². The van der Waals surface area contributed by atoms with E-state index in [9.17, 15) is 4.79 Å². The van der Waals surface area contributed by atoms with E-state index in [1.54, 1.807) is 0 Å². The number of rotatable bonds is 3. The highest BCUT2D eigenvalue weighted by molar-refractivity contribution is 5.91. The van der Waals surface area contributed by atoms with Gasteiger partial charge in [-0.3, -0.25) is 4.79 Å². The highest BCUT2D eigenvalue weighted by Crippen LogP contribution is 2.16. The lowest BCUT2D eigenvalue weighted by Gasteiger charge is -2.08. The average molecular weight is 269 g/mol. The Morgan fingerprint density at radius 2 is 2.35 bits per heavy atom. The maximum absolute atomic E-state index is 11.8. The number of benzene rings is 1. The fourth-order valence-electron chi connectivity index (χ4n) is 1.69. The standard InChI is InChI=1S/C14H15N5O/c1-11-7-12(3-2-6-15)4-5-13(11)18-14(20)8-19-10-16-9-17-19/h4-5,7,9-10H,6,8,15H2,1H3,(H,18,20). The molecular weight excluding hydrogens is 254 g/mol. The summed E-state index contributed by atoms with van der Waals surface area (Å²) in [4.78, 5) is 15.6. The van der Waals surface area contributed by atoms with Gasteiger partial charge in [-0.1, -0.05) is 11.8 Å². The Labute approximate surface area is 117 Å². The SMILES string of the molecule is Cc1cc(C#CCN)ccc1NC(=O)Cn1cncn1. The lowest BCUT2D eigenvalue weighted by molar-refractivity contribution is -0.116. The van der Waals surface area contributed by atoms with Crippen LogP contribution in [0, 0.1) is 18.8 Å². The number of hydrogen-bond acceptors (Lipinski definition) is 4. The van der Waals surface area contributed by atoms with Crippen molar-refractivity contribution in [2.24, 2.45) is 5.73 Å². The van der Waals surface area contributed by atoms with Gasteiger partial charge in [0.1, 0.15) is 19.2 Å². The molecule has 0 radical (unpaired) electrons. The van der Waals surface area contributed by atoms with Crippen LogP contribution in [0.3, 0.4) is 0 Å². The number of nitrogens with two attached hydrogens (primary N) is 1. The van der Waals surface area contributed by atoms with Crippen LogP contribution in [-0.4, -0.2) is 27.2 Å². The minimum Gasteiger partial charge on any atom is -0.324 e. The minimum absolute atomic E-state index is 0.133. The summed E-state index contributed by atoms with van der Waals surface area (Å²) < 4.78 is 1.46. The molecule has 0 spiro atoms. The van der Waals surface area contributed by atoms with Gasteiger partial charge in [-0.25, -0.2) is 9.67 Å². The normalized spacial score (nSPS) is 9.70. The van der Waals surface area contributed by atoms with Crippen molar-refractivity contribution in [2.45, 2.75) is 13.5 Å².